The van der Waals surface area contributed by atoms with E-state index >= 15 is 0 Å². The van der Waals surface area contributed by atoms with Crippen LogP contribution >= 0.6 is 0 Å². The van der Waals surface area contributed by atoms with Crippen molar-refractivity contribution in [3.05, 3.63) is 0 Å². The minimum Gasteiger partial charge on any atom is -0.356 e. The number of unbranched alkanes of at least 4 members (excludes halogenated alkanes) is 5. The second kappa shape index (κ2) is 38.1. The van der Waals surface area contributed by atoms with Gasteiger partial charge < -0.3 is 47.7 Å². The van der Waals surface area contributed by atoms with Crippen molar-refractivity contribution < 1.29 is 28.8 Å². The fourth-order valence-corrected chi connectivity index (χ4v) is 6.27. The molecule has 14 heteroatoms. The normalized spacial score (nSPS) is 13.1. The fraction of sp³-hybridized carbons (Fsp3) is 0.854. The van der Waals surface area contributed by atoms with Gasteiger partial charge in [-0.15, -0.1) is 0 Å². The number of hydrogen-bond acceptors (Lipinski definition) is 11. The molecule has 9 N–H and O–H groups in total. The summed E-state index contributed by atoms with van der Waals surface area (Å²) in [5.74, 6) is 0.340. The summed E-state index contributed by atoms with van der Waals surface area (Å²) in [6.45, 7) is 7.89. The van der Waals surface area contributed by atoms with Crippen LogP contribution in [0.5, 0.6) is 0 Å². The molecule has 55 heavy (non-hydrogen) atoms. The van der Waals surface area contributed by atoms with Gasteiger partial charge in [0.05, 0.1) is 0 Å². The zero-order valence-electron chi connectivity index (χ0n) is 35.8. The molecule has 322 valence electrons. The number of nitrogens with two attached hydrogens (primary N) is 1. The van der Waals surface area contributed by atoms with Crippen LogP contribution in [0.3, 0.4) is 0 Å². The highest BCUT2D eigenvalue weighted by atomic mass is 16.2. The van der Waals surface area contributed by atoms with E-state index in [0.717, 1.165) is 96.6 Å². The lowest BCUT2D eigenvalue weighted by Gasteiger charge is -2.21. The van der Waals surface area contributed by atoms with Gasteiger partial charge in [-0.25, -0.2) is 0 Å². The molecule has 0 aliphatic heterocycles. The third-order valence-electron chi connectivity index (χ3n) is 9.43. The van der Waals surface area contributed by atoms with Crippen molar-refractivity contribution in [1.29, 1.82) is 0 Å². The highest BCUT2D eigenvalue weighted by Gasteiger charge is 2.18. The first kappa shape index (κ1) is 54.3. The van der Waals surface area contributed by atoms with Crippen LogP contribution in [-0.4, -0.2) is 114 Å². The number of nitrogens with one attached hydrogen (secondary N) is 7. The van der Waals surface area contributed by atoms with Crippen LogP contribution < -0.4 is 43.0 Å². The monoisotopic (exact) mass is 783 g/mol. The molecular formula is C41H82N8O6. The van der Waals surface area contributed by atoms with E-state index in [1.165, 1.54) is 6.92 Å². The number of ketones is 3. The summed E-state index contributed by atoms with van der Waals surface area (Å²) in [5, 5.41) is 21.7. The second-order valence-corrected chi connectivity index (χ2v) is 15.0. The molecule has 0 fully saturated rings. The molecule has 0 saturated heterocycles. The van der Waals surface area contributed by atoms with E-state index in [1.54, 1.807) is 13.8 Å². The molecule has 3 amide bonds. The minimum absolute atomic E-state index is 0.00894. The van der Waals surface area contributed by atoms with E-state index < -0.39 is 0 Å². The van der Waals surface area contributed by atoms with Gasteiger partial charge in [-0.05, 0) is 139 Å². The zero-order chi connectivity index (χ0) is 41.7. The molecule has 0 aromatic rings. The Kier molecular flexibility index (Phi) is 37.6. The molecule has 0 rings (SSSR count). The van der Waals surface area contributed by atoms with E-state index in [4.69, 9.17) is 5.73 Å². The number of carbonyl (C=O) groups excluding carboxylic acids is 6. The van der Waals surface area contributed by atoms with Crippen molar-refractivity contribution in [1.82, 2.24) is 37.2 Å². The molecule has 0 spiro atoms. The molecule has 0 aromatic carbocycles. The van der Waals surface area contributed by atoms with Gasteiger partial charge in [0, 0.05) is 69.2 Å². The van der Waals surface area contributed by atoms with E-state index in [2.05, 4.69) is 37.2 Å². The van der Waals surface area contributed by atoms with Crippen molar-refractivity contribution >= 4 is 35.1 Å². The van der Waals surface area contributed by atoms with E-state index in [0.29, 0.717) is 58.0 Å². The summed E-state index contributed by atoms with van der Waals surface area (Å²) >= 11 is 0. The molecule has 0 saturated carbocycles. The lowest BCUT2D eigenvalue weighted by Crippen LogP contribution is -2.40. The first-order valence-electron chi connectivity index (χ1n) is 21.0. The summed E-state index contributed by atoms with van der Waals surface area (Å²) in [5.41, 5.74) is 5.44. The van der Waals surface area contributed by atoms with Crippen molar-refractivity contribution in [2.75, 3.05) is 54.4 Å². The van der Waals surface area contributed by atoms with Crippen LogP contribution in [0.25, 0.3) is 0 Å². The largest absolute Gasteiger partial charge is 0.356 e. The number of hydrogen-bond donors (Lipinski definition) is 8. The Morgan fingerprint density at radius 2 is 0.855 bits per heavy atom. The summed E-state index contributed by atoms with van der Waals surface area (Å²) in [7, 11) is 7.69. The molecule has 0 heterocycles. The van der Waals surface area contributed by atoms with Gasteiger partial charge >= 0.3 is 0 Å². The summed E-state index contributed by atoms with van der Waals surface area (Å²) in [4.78, 5) is 70.3. The Labute approximate surface area is 334 Å². The number of rotatable bonds is 36. The average molecular weight is 783 g/mol. The maximum atomic E-state index is 12.6. The van der Waals surface area contributed by atoms with E-state index in [1.807, 2.05) is 28.2 Å². The Morgan fingerprint density at radius 1 is 0.436 bits per heavy atom. The predicted octanol–water partition coefficient (Wildman–Crippen LogP) is 3.20. The average Bonchev–Trinajstić information content (AvgIpc) is 3.12. The Morgan fingerprint density at radius 3 is 1.29 bits per heavy atom. The topological polar surface area (TPSA) is 213 Å². The quantitative estimate of drug-likeness (QED) is 0.0433. The van der Waals surface area contributed by atoms with Gasteiger partial charge in [0.15, 0.2) is 0 Å². The second-order valence-electron chi connectivity index (χ2n) is 15.0. The van der Waals surface area contributed by atoms with Gasteiger partial charge in [-0.2, -0.15) is 0 Å². The van der Waals surface area contributed by atoms with Crippen molar-refractivity contribution in [2.24, 2.45) is 5.73 Å². The van der Waals surface area contributed by atoms with Crippen LogP contribution in [0, 0.1) is 0 Å². The van der Waals surface area contributed by atoms with Crippen LogP contribution in [0.15, 0.2) is 0 Å². The summed E-state index contributed by atoms with van der Waals surface area (Å²) in [6.07, 6.45) is 15.3. The van der Waals surface area contributed by atoms with Gasteiger partial charge in [-0.3, -0.25) is 24.0 Å². The molecular weight excluding hydrogens is 701 g/mol. The minimum atomic E-state index is -0.149. The molecule has 14 nitrogen and oxygen atoms in total. The summed E-state index contributed by atoms with van der Waals surface area (Å²) in [6, 6.07) is 0.111. The highest BCUT2D eigenvalue weighted by Crippen LogP contribution is 2.10. The third kappa shape index (κ3) is 37.9. The van der Waals surface area contributed by atoms with Crippen LogP contribution in [-0.2, 0) is 28.8 Å². The molecule has 0 aromatic heterocycles. The SMILES string of the molecule is CC(=O)CCCCC(=O)NC(CCCCN)CC(C)=O.CNCCCCC(CC(=O)NCCCCC(CC(C)=O)NC(=O)CC(CCCCNC)NC)NC. The van der Waals surface area contributed by atoms with Crippen LogP contribution in [0.4, 0.5) is 0 Å². The van der Waals surface area contributed by atoms with Crippen molar-refractivity contribution in [3.63, 3.8) is 0 Å². The predicted molar refractivity (Wildman–Crippen MR) is 224 cm³/mol. The molecule has 0 aliphatic rings. The third-order valence-corrected chi connectivity index (χ3v) is 9.43. The number of carbonyl (C=O) groups is 6. The maximum Gasteiger partial charge on any atom is 0.221 e. The molecule has 0 aliphatic carbocycles. The zero-order valence-corrected chi connectivity index (χ0v) is 35.8. The summed E-state index contributed by atoms with van der Waals surface area (Å²) < 4.78 is 0. The Hall–Kier alpha value is -2.78. The van der Waals surface area contributed by atoms with Crippen LogP contribution in [0.2, 0.25) is 0 Å². The standard InChI is InChI=1S/C26H54N6O3.C15H28N2O3/c1-21(33)18-24(32-26(35)20-23(30-5)13-7-10-16-28-3)14-8-11-17-31-25(34)19-22(29-4)12-6-9-15-27-2;1-12(18)7-3-4-9-15(20)17-14(11-13(2)19)8-5-6-10-16/h22-24,27-30H,6-20H2,1-5H3,(H,31,34)(H,32,35);14H,3-11,16H2,1-2H3,(H,17,20). The Bertz CT molecular complexity index is 1030. The molecule has 4 atom stereocenters. The van der Waals surface area contributed by atoms with Crippen molar-refractivity contribution in [2.45, 2.75) is 173 Å². The van der Waals surface area contributed by atoms with E-state index in [-0.39, 0.29) is 59.2 Å². The molecule has 0 bridgehead atoms. The maximum absolute atomic E-state index is 12.6. The van der Waals surface area contributed by atoms with Crippen LogP contribution in [0.1, 0.15) is 149 Å². The van der Waals surface area contributed by atoms with Gasteiger partial charge in [0.25, 0.3) is 0 Å². The first-order chi connectivity index (χ1) is 26.3. The first-order valence-corrected chi connectivity index (χ1v) is 21.0. The lowest BCUT2D eigenvalue weighted by atomic mass is 10.0. The van der Waals surface area contributed by atoms with E-state index in [9.17, 15) is 28.8 Å². The number of amides is 3. The smallest absolute Gasteiger partial charge is 0.221 e. The molecule has 4 unspecified atom stereocenters. The lowest BCUT2D eigenvalue weighted by molar-refractivity contribution is -0.124. The van der Waals surface area contributed by atoms with Gasteiger partial charge in [0.1, 0.15) is 17.3 Å². The highest BCUT2D eigenvalue weighted by molar-refractivity contribution is 5.80. The van der Waals surface area contributed by atoms with Crippen molar-refractivity contribution in [3.8, 4) is 0 Å². The van der Waals surface area contributed by atoms with Gasteiger partial charge in [-0.1, -0.05) is 19.3 Å². The fourth-order valence-electron chi connectivity index (χ4n) is 6.27. The Balaban J connectivity index is 0. The molecule has 0 radical (unpaired) electrons. The number of Topliss-reactive ketones (excluding diaryl/α,β-unsaturated/α-hetero) is 3. The van der Waals surface area contributed by atoms with Gasteiger partial charge in [0.2, 0.25) is 17.7 Å².